The summed E-state index contributed by atoms with van der Waals surface area (Å²) < 4.78 is 41.9. The van der Waals surface area contributed by atoms with Crippen LogP contribution in [0.25, 0.3) is 0 Å². The first-order valence-electron chi connectivity index (χ1n) is 12.2. The zero-order valence-electron chi connectivity index (χ0n) is 21.5. The second-order valence-corrected chi connectivity index (χ2v) is 11.0. The Bertz CT molecular complexity index is 1370. The van der Waals surface area contributed by atoms with Gasteiger partial charge >= 0.3 is 0 Å². The van der Waals surface area contributed by atoms with E-state index in [0.29, 0.717) is 23.6 Å². The Morgan fingerprint density at radius 3 is 2.18 bits per heavy atom. The van der Waals surface area contributed by atoms with Gasteiger partial charge in [-0.15, -0.1) is 0 Å². The van der Waals surface area contributed by atoms with Crippen molar-refractivity contribution in [3.8, 4) is 0 Å². The lowest BCUT2D eigenvalue weighted by Gasteiger charge is -2.33. The monoisotopic (exact) mass is 559 g/mol. The molecule has 7 nitrogen and oxygen atoms in total. The summed E-state index contributed by atoms with van der Waals surface area (Å²) >= 11 is 6.37. The number of rotatable bonds is 11. The number of nitrogens with zero attached hydrogens (tertiary/aromatic N) is 2. The van der Waals surface area contributed by atoms with E-state index < -0.39 is 34.3 Å². The molecule has 1 N–H and O–H groups in total. The molecule has 0 heterocycles. The van der Waals surface area contributed by atoms with Gasteiger partial charge in [-0.05, 0) is 68.3 Å². The zero-order chi connectivity index (χ0) is 27.9. The number of halogens is 2. The van der Waals surface area contributed by atoms with Crippen LogP contribution in [0.4, 0.5) is 10.1 Å². The highest BCUT2D eigenvalue weighted by Gasteiger charge is 2.33. The van der Waals surface area contributed by atoms with Gasteiger partial charge in [0.25, 0.3) is 10.0 Å². The summed E-state index contributed by atoms with van der Waals surface area (Å²) in [6.45, 7) is 5.21. The van der Waals surface area contributed by atoms with Crippen molar-refractivity contribution in [1.29, 1.82) is 0 Å². The fourth-order valence-corrected chi connectivity index (χ4v) is 5.60. The smallest absolute Gasteiger partial charge is 0.264 e. The van der Waals surface area contributed by atoms with Gasteiger partial charge in [-0.2, -0.15) is 0 Å². The summed E-state index contributed by atoms with van der Waals surface area (Å²) in [6.07, 6.45) is 0.303. The summed E-state index contributed by atoms with van der Waals surface area (Å²) in [5.74, 6) is -1.52. The molecular formula is C28H31ClFN3O4S. The van der Waals surface area contributed by atoms with E-state index in [2.05, 4.69) is 5.32 Å². The molecule has 1 atom stereocenters. The number of aryl methyl sites for hydroxylation is 1. The van der Waals surface area contributed by atoms with Gasteiger partial charge in [0.1, 0.15) is 18.4 Å². The van der Waals surface area contributed by atoms with E-state index in [1.807, 2.05) is 6.92 Å². The highest BCUT2D eigenvalue weighted by molar-refractivity contribution is 7.92. The Hall–Kier alpha value is -3.43. The molecule has 10 heteroatoms. The maximum Gasteiger partial charge on any atom is 0.264 e. The van der Waals surface area contributed by atoms with Crippen molar-refractivity contribution in [3.63, 3.8) is 0 Å². The van der Waals surface area contributed by atoms with Gasteiger partial charge in [0.05, 0.1) is 10.6 Å². The quantitative estimate of drug-likeness (QED) is 0.361. The molecule has 0 unspecified atom stereocenters. The van der Waals surface area contributed by atoms with Gasteiger partial charge in [0.15, 0.2) is 0 Å². The predicted octanol–water partition coefficient (Wildman–Crippen LogP) is 4.93. The number of nitrogens with one attached hydrogen (secondary N) is 1. The van der Waals surface area contributed by atoms with Crippen molar-refractivity contribution in [1.82, 2.24) is 10.2 Å². The van der Waals surface area contributed by atoms with Crippen molar-refractivity contribution in [3.05, 3.63) is 94.8 Å². The van der Waals surface area contributed by atoms with Crippen LogP contribution in [0.1, 0.15) is 31.4 Å². The van der Waals surface area contributed by atoms with E-state index in [1.165, 1.54) is 4.90 Å². The topological polar surface area (TPSA) is 86.8 Å². The van der Waals surface area contributed by atoms with Crippen LogP contribution in [0.3, 0.4) is 0 Å². The molecule has 0 aromatic heterocycles. The molecule has 202 valence electrons. The zero-order valence-corrected chi connectivity index (χ0v) is 23.1. The summed E-state index contributed by atoms with van der Waals surface area (Å²) in [5.41, 5.74) is 1.78. The third kappa shape index (κ3) is 6.90. The van der Waals surface area contributed by atoms with E-state index in [-0.39, 0.29) is 23.0 Å². The number of likely N-dealkylation sites (N-methyl/N-ethyl adjacent to an activating group) is 1. The molecule has 3 aromatic rings. The number of carbonyl (C=O) groups excluding carboxylic acids is 2. The van der Waals surface area contributed by atoms with Gasteiger partial charge in [-0.25, -0.2) is 12.8 Å². The van der Waals surface area contributed by atoms with Crippen LogP contribution in [0, 0.1) is 12.7 Å². The third-order valence-electron chi connectivity index (χ3n) is 6.04. The molecule has 0 saturated heterocycles. The molecule has 0 aliphatic carbocycles. The minimum atomic E-state index is -4.26. The third-order valence-corrected chi connectivity index (χ3v) is 8.19. The maximum atomic E-state index is 13.9. The summed E-state index contributed by atoms with van der Waals surface area (Å²) in [5, 5.41) is 3.17. The molecule has 0 radical (unpaired) electrons. The molecule has 0 aliphatic rings. The lowest BCUT2D eigenvalue weighted by molar-refractivity contribution is -0.140. The fraction of sp³-hybridized carbons (Fsp3) is 0.286. The molecule has 0 spiro atoms. The lowest BCUT2D eigenvalue weighted by Crippen LogP contribution is -2.52. The average Bonchev–Trinajstić information content (AvgIpc) is 2.89. The molecule has 0 saturated carbocycles. The first-order valence-corrected chi connectivity index (χ1v) is 14.1. The summed E-state index contributed by atoms with van der Waals surface area (Å²) in [7, 11) is -4.26. The van der Waals surface area contributed by atoms with E-state index in [1.54, 1.807) is 62.4 Å². The van der Waals surface area contributed by atoms with E-state index in [0.717, 1.165) is 34.1 Å². The van der Waals surface area contributed by atoms with Crippen LogP contribution in [0.15, 0.2) is 77.7 Å². The minimum absolute atomic E-state index is 0.00643. The fourth-order valence-electron chi connectivity index (χ4n) is 4.00. The predicted molar refractivity (Wildman–Crippen MR) is 147 cm³/mol. The summed E-state index contributed by atoms with van der Waals surface area (Å²) in [6, 6.07) is 17.2. The molecule has 3 aromatic carbocycles. The maximum absolute atomic E-state index is 13.9. The Kier molecular flexibility index (Phi) is 9.88. The van der Waals surface area contributed by atoms with E-state index in [9.17, 15) is 22.4 Å². The Balaban J connectivity index is 2.06. The highest BCUT2D eigenvalue weighted by atomic mass is 35.5. The molecule has 0 fully saturated rings. The normalized spacial score (nSPS) is 12.0. The van der Waals surface area contributed by atoms with Crippen molar-refractivity contribution in [2.24, 2.45) is 0 Å². The minimum Gasteiger partial charge on any atom is -0.355 e. The lowest BCUT2D eigenvalue weighted by atomic mass is 10.1. The second-order valence-electron chi connectivity index (χ2n) is 8.73. The van der Waals surface area contributed by atoms with Crippen molar-refractivity contribution in [2.75, 3.05) is 17.4 Å². The average molecular weight is 560 g/mol. The van der Waals surface area contributed by atoms with Crippen LogP contribution in [0.2, 0.25) is 5.02 Å². The molecule has 2 amide bonds. The second kappa shape index (κ2) is 12.9. The number of benzene rings is 3. The summed E-state index contributed by atoms with van der Waals surface area (Å²) in [4.78, 5) is 28.0. The molecule has 38 heavy (non-hydrogen) atoms. The van der Waals surface area contributed by atoms with E-state index >= 15 is 0 Å². The molecular weight excluding hydrogens is 529 g/mol. The number of amides is 2. The first-order chi connectivity index (χ1) is 18.1. The highest BCUT2D eigenvalue weighted by Crippen LogP contribution is 2.26. The van der Waals surface area contributed by atoms with Crippen LogP contribution in [-0.4, -0.2) is 44.3 Å². The number of hydrogen-bond donors (Lipinski definition) is 1. The Labute approximate surface area is 228 Å². The SMILES string of the molecule is CCNC(=O)[C@@H](CC)N(Cc1ccccc1Cl)C(=O)CN(c1ccc(C)cc1)S(=O)(=O)c1ccc(F)cc1. The van der Waals surface area contributed by atoms with Crippen LogP contribution in [-0.2, 0) is 26.2 Å². The van der Waals surface area contributed by atoms with Gasteiger partial charge in [0.2, 0.25) is 11.8 Å². The standard InChI is InChI=1S/C28H31ClFN3O4S/c1-4-26(28(35)31-5-2)32(18-21-8-6-7-9-25(21)29)27(34)19-33(23-14-10-20(3)11-15-23)38(36,37)24-16-12-22(30)13-17-24/h6-17,26H,4-5,18-19H2,1-3H3,(H,31,35)/t26-/m1/s1. The van der Waals surface area contributed by atoms with Crippen LogP contribution >= 0.6 is 11.6 Å². The van der Waals surface area contributed by atoms with Gasteiger partial charge < -0.3 is 10.2 Å². The van der Waals surface area contributed by atoms with Crippen molar-refractivity contribution in [2.45, 2.75) is 44.7 Å². The number of anilines is 1. The van der Waals surface area contributed by atoms with Crippen molar-refractivity contribution < 1.29 is 22.4 Å². The number of hydrogen-bond acceptors (Lipinski definition) is 4. The Morgan fingerprint density at radius 1 is 0.974 bits per heavy atom. The van der Waals surface area contributed by atoms with E-state index in [4.69, 9.17) is 11.6 Å². The van der Waals surface area contributed by atoms with Gasteiger partial charge in [-0.3, -0.25) is 13.9 Å². The Morgan fingerprint density at radius 2 is 1.61 bits per heavy atom. The van der Waals surface area contributed by atoms with Crippen molar-refractivity contribution >= 4 is 39.1 Å². The van der Waals surface area contributed by atoms with Crippen LogP contribution in [0.5, 0.6) is 0 Å². The van der Waals surface area contributed by atoms with Gasteiger partial charge in [-0.1, -0.05) is 54.4 Å². The number of carbonyl (C=O) groups is 2. The number of sulfonamides is 1. The molecule has 0 bridgehead atoms. The largest absolute Gasteiger partial charge is 0.355 e. The van der Waals surface area contributed by atoms with Crippen LogP contribution < -0.4 is 9.62 Å². The molecule has 0 aliphatic heterocycles. The molecule has 3 rings (SSSR count). The first kappa shape index (κ1) is 29.1. The van der Waals surface area contributed by atoms with Gasteiger partial charge in [0, 0.05) is 18.1 Å².